The van der Waals surface area contributed by atoms with Gasteiger partial charge < -0.3 is 15.7 Å². The van der Waals surface area contributed by atoms with Gasteiger partial charge in [-0.25, -0.2) is 0 Å². The lowest BCUT2D eigenvalue weighted by molar-refractivity contribution is -0.138. The highest BCUT2D eigenvalue weighted by molar-refractivity contribution is 5.95. The van der Waals surface area contributed by atoms with Crippen molar-refractivity contribution in [2.45, 2.75) is 50.6 Å². The zero-order valence-electron chi connectivity index (χ0n) is 21.7. The van der Waals surface area contributed by atoms with Crippen molar-refractivity contribution >= 4 is 23.5 Å². The van der Waals surface area contributed by atoms with Crippen LogP contribution in [0.5, 0.6) is 0 Å². The first-order valence-corrected chi connectivity index (χ1v) is 13.1. The predicted octanol–water partition coefficient (Wildman–Crippen LogP) is 6.27. The van der Waals surface area contributed by atoms with E-state index in [1.54, 1.807) is 0 Å². The molecule has 0 radical (unpaired) electrons. The topological polar surface area (TPSA) is 108 Å². The quantitative estimate of drug-likeness (QED) is 0.289. The molecule has 3 aromatic rings. The lowest BCUT2D eigenvalue weighted by Crippen LogP contribution is -2.27. The smallest absolute Gasteiger partial charge is 0.417 e. The van der Waals surface area contributed by atoms with Crippen molar-refractivity contribution in [1.82, 2.24) is 10.3 Å². The van der Waals surface area contributed by atoms with Gasteiger partial charge in [-0.1, -0.05) is 30.3 Å². The van der Waals surface area contributed by atoms with E-state index in [1.807, 2.05) is 24.3 Å². The number of pyridine rings is 1. The minimum absolute atomic E-state index is 0.0333. The number of nitrogens with zero attached hydrogens (tertiary/aromatic N) is 1. The second kappa shape index (κ2) is 12.8. The van der Waals surface area contributed by atoms with Crippen LogP contribution in [0.15, 0.2) is 66.9 Å². The van der Waals surface area contributed by atoms with Crippen LogP contribution in [0, 0.1) is 5.92 Å². The minimum atomic E-state index is -4.53. The Balaban J connectivity index is 1.22. The van der Waals surface area contributed by atoms with Crippen LogP contribution in [0.2, 0.25) is 0 Å². The van der Waals surface area contributed by atoms with E-state index in [0.717, 1.165) is 31.7 Å². The highest BCUT2D eigenvalue weighted by atomic mass is 19.4. The standard InChI is InChI=1S/C30H30F3N3O4/c31-30(32,33)25-4-2-1-3-24(25)26-14-11-22(18-35-26)29(40)34-16-15-27(37)36-23-12-9-21(10-13-23)20-7-5-19(6-8-20)17-28(38)39/h1-4,9-14,18-20H,5-8,15-17H2,(H,34,40)(H,36,37)(H,38,39)/t19-,20-. The van der Waals surface area contributed by atoms with Crippen LogP contribution in [0.1, 0.15) is 65.9 Å². The van der Waals surface area contributed by atoms with Crippen LogP contribution in [0.25, 0.3) is 11.3 Å². The van der Waals surface area contributed by atoms with Gasteiger partial charge in [0.15, 0.2) is 0 Å². The molecule has 10 heteroatoms. The molecule has 7 nitrogen and oxygen atoms in total. The lowest BCUT2D eigenvalue weighted by Gasteiger charge is -2.28. The van der Waals surface area contributed by atoms with Crippen molar-refractivity contribution < 1.29 is 32.7 Å². The van der Waals surface area contributed by atoms with Crippen molar-refractivity contribution in [3.8, 4) is 11.3 Å². The summed E-state index contributed by atoms with van der Waals surface area (Å²) in [5, 5.41) is 14.4. The Morgan fingerprint density at radius 1 is 0.925 bits per heavy atom. The van der Waals surface area contributed by atoms with E-state index in [2.05, 4.69) is 15.6 Å². The van der Waals surface area contributed by atoms with Crippen molar-refractivity contribution in [3.63, 3.8) is 0 Å². The third kappa shape index (κ3) is 7.68. The third-order valence-corrected chi connectivity index (χ3v) is 7.15. The van der Waals surface area contributed by atoms with Crippen LogP contribution in [-0.4, -0.2) is 34.4 Å². The zero-order valence-corrected chi connectivity index (χ0v) is 21.7. The number of anilines is 1. The van der Waals surface area contributed by atoms with Gasteiger partial charge in [0.25, 0.3) is 5.91 Å². The summed E-state index contributed by atoms with van der Waals surface area (Å²) in [5.41, 5.74) is 1.19. The molecule has 1 heterocycles. The number of benzene rings is 2. The second-order valence-electron chi connectivity index (χ2n) is 9.97. The fraction of sp³-hybridized carbons (Fsp3) is 0.333. The molecular formula is C30H30F3N3O4. The number of aromatic nitrogens is 1. The second-order valence-corrected chi connectivity index (χ2v) is 9.97. The van der Waals surface area contributed by atoms with Gasteiger partial charge in [0.1, 0.15) is 0 Å². The van der Waals surface area contributed by atoms with E-state index in [4.69, 9.17) is 5.11 Å². The molecule has 4 rings (SSSR count). The van der Waals surface area contributed by atoms with Gasteiger partial charge in [-0.05, 0) is 73.4 Å². The maximum absolute atomic E-state index is 13.3. The highest BCUT2D eigenvalue weighted by Gasteiger charge is 2.33. The summed E-state index contributed by atoms with van der Waals surface area (Å²) in [6.45, 7) is 0.0704. The third-order valence-electron chi connectivity index (χ3n) is 7.15. The Kier molecular flexibility index (Phi) is 9.19. The molecule has 2 amide bonds. The largest absolute Gasteiger partial charge is 0.481 e. The van der Waals surface area contributed by atoms with Gasteiger partial charge in [0.05, 0.1) is 16.8 Å². The molecule has 1 aliphatic rings. The highest BCUT2D eigenvalue weighted by Crippen LogP contribution is 2.38. The molecule has 3 N–H and O–H groups in total. The Bertz CT molecular complexity index is 1330. The van der Waals surface area contributed by atoms with Crippen LogP contribution in [-0.2, 0) is 15.8 Å². The van der Waals surface area contributed by atoms with Gasteiger partial charge in [0, 0.05) is 36.8 Å². The maximum atomic E-state index is 13.3. The number of carbonyl (C=O) groups excluding carboxylic acids is 2. The predicted molar refractivity (Wildman–Crippen MR) is 144 cm³/mol. The van der Waals surface area contributed by atoms with Gasteiger partial charge in [-0.15, -0.1) is 0 Å². The Hall–Kier alpha value is -4.21. The van der Waals surface area contributed by atoms with Crippen LogP contribution in [0.4, 0.5) is 18.9 Å². The number of halogens is 3. The number of carboxylic acids is 1. The Labute approximate surface area is 229 Å². The number of carbonyl (C=O) groups is 3. The van der Waals surface area contributed by atoms with Crippen molar-refractivity contribution in [3.05, 3.63) is 83.6 Å². The molecule has 1 fully saturated rings. The summed E-state index contributed by atoms with van der Waals surface area (Å²) in [7, 11) is 0. The summed E-state index contributed by atoms with van der Waals surface area (Å²) < 4.78 is 39.8. The van der Waals surface area contributed by atoms with E-state index in [-0.39, 0.29) is 48.0 Å². The zero-order chi connectivity index (χ0) is 28.7. The molecular weight excluding hydrogens is 523 g/mol. The molecule has 0 unspecified atom stereocenters. The molecule has 40 heavy (non-hydrogen) atoms. The van der Waals surface area contributed by atoms with Crippen LogP contribution < -0.4 is 10.6 Å². The average Bonchev–Trinajstić information content (AvgIpc) is 2.93. The van der Waals surface area contributed by atoms with Gasteiger partial charge in [0.2, 0.25) is 5.91 Å². The first kappa shape index (κ1) is 28.8. The number of hydrogen-bond acceptors (Lipinski definition) is 4. The first-order valence-electron chi connectivity index (χ1n) is 13.1. The minimum Gasteiger partial charge on any atom is -0.481 e. The summed E-state index contributed by atoms with van der Waals surface area (Å²) in [5.74, 6) is -0.890. The molecule has 210 valence electrons. The monoisotopic (exact) mass is 553 g/mol. The number of alkyl halides is 3. The molecule has 0 spiro atoms. The maximum Gasteiger partial charge on any atom is 0.417 e. The molecule has 1 aliphatic carbocycles. The first-order chi connectivity index (χ1) is 19.1. The SMILES string of the molecule is O=C(O)C[C@H]1CC[C@H](c2ccc(NC(=O)CCNC(=O)c3ccc(-c4ccccc4C(F)(F)F)nc3)cc2)CC1. The van der Waals surface area contributed by atoms with E-state index < -0.39 is 23.6 Å². The van der Waals surface area contributed by atoms with E-state index >= 15 is 0 Å². The molecule has 0 bridgehead atoms. The number of aliphatic carboxylic acids is 1. The fourth-order valence-electron chi connectivity index (χ4n) is 5.04. The molecule has 0 aliphatic heterocycles. The number of nitrogens with one attached hydrogen (secondary N) is 2. The molecule has 1 saturated carbocycles. The normalized spacial score (nSPS) is 17.2. The van der Waals surface area contributed by atoms with Crippen molar-refractivity contribution in [1.29, 1.82) is 0 Å². The molecule has 0 atom stereocenters. The fourth-order valence-corrected chi connectivity index (χ4v) is 5.04. The lowest BCUT2D eigenvalue weighted by atomic mass is 9.77. The Morgan fingerprint density at radius 2 is 1.62 bits per heavy atom. The van der Waals surface area contributed by atoms with Crippen molar-refractivity contribution in [2.24, 2.45) is 5.92 Å². The van der Waals surface area contributed by atoms with Gasteiger partial charge in [-0.2, -0.15) is 13.2 Å². The molecule has 2 aromatic carbocycles. The van der Waals surface area contributed by atoms with Crippen LogP contribution in [0.3, 0.4) is 0 Å². The van der Waals surface area contributed by atoms with E-state index in [0.29, 0.717) is 11.6 Å². The molecule has 0 saturated heterocycles. The van der Waals surface area contributed by atoms with Gasteiger partial charge in [-0.3, -0.25) is 19.4 Å². The average molecular weight is 554 g/mol. The summed E-state index contributed by atoms with van der Waals surface area (Å²) >= 11 is 0. The number of amides is 2. The summed E-state index contributed by atoms with van der Waals surface area (Å²) in [6.07, 6.45) is 0.623. The number of carboxylic acid groups (broad SMARTS) is 1. The van der Waals surface area contributed by atoms with E-state index in [1.165, 1.54) is 42.1 Å². The van der Waals surface area contributed by atoms with Gasteiger partial charge >= 0.3 is 12.1 Å². The Morgan fingerprint density at radius 3 is 2.25 bits per heavy atom. The van der Waals surface area contributed by atoms with E-state index in [9.17, 15) is 27.6 Å². The number of rotatable bonds is 9. The van der Waals surface area contributed by atoms with Crippen LogP contribution >= 0.6 is 0 Å². The summed E-state index contributed by atoms with van der Waals surface area (Å²) in [4.78, 5) is 39.7. The molecule has 1 aromatic heterocycles. The number of hydrogen-bond donors (Lipinski definition) is 3. The van der Waals surface area contributed by atoms with Crippen molar-refractivity contribution in [2.75, 3.05) is 11.9 Å². The summed E-state index contributed by atoms with van der Waals surface area (Å²) in [6, 6.07) is 15.5.